The minimum absolute atomic E-state index is 0.449. The molecule has 1 nitrogen and oxygen atoms in total. The van der Waals surface area contributed by atoms with E-state index in [4.69, 9.17) is 11.6 Å². The molecule has 0 aliphatic heterocycles. The van der Waals surface area contributed by atoms with E-state index in [0.717, 1.165) is 32.0 Å². The maximum absolute atomic E-state index is 10.7. The van der Waals surface area contributed by atoms with Gasteiger partial charge in [0, 0.05) is 31.4 Å². The van der Waals surface area contributed by atoms with Crippen LogP contribution in [-0.4, -0.2) is 6.29 Å². The van der Waals surface area contributed by atoms with Crippen LogP contribution in [0.15, 0.2) is 22.0 Å². The number of benzene rings is 1. The molecule has 0 spiro atoms. The van der Waals surface area contributed by atoms with Gasteiger partial charge >= 0.3 is 0 Å². The minimum atomic E-state index is 0.449. The number of rotatable bonds is 2. The molecule has 2 rings (SSSR count). The first-order valence-corrected chi connectivity index (χ1v) is 6.17. The molecule has 0 atom stereocenters. The lowest BCUT2D eigenvalue weighted by Gasteiger charge is -2.00. The first kappa shape index (κ1) is 10.1. The average molecular weight is 290 g/mol. The lowest BCUT2D eigenvalue weighted by atomic mass is 10.1. The van der Waals surface area contributed by atoms with Crippen molar-refractivity contribution in [2.24, 2.45) is 0 Å². The lowest BCUT2D eigenvalue weighted by Crippen LogP contribution is -1.82. The van der Waals surface area contributed by atoms with Crippen molar-refractivity contribution >= 4 is 55.2 Å². The number of hydrogen-bond donors (Lipinski definition) is 0. The SMILES string of the molecule is O=Cc1csc2cc(Br)c(CCl)cc12. The smallest absolute Gasteiger partial charge is 0.151 e. The van der Waals surface area contributed by atoms with Gasteiger partial charge in [-0.25, -0.2) is 0 Å². The highest BCUT2D eigenvalue weighted by Gasteiger charge is 2.07. The van der Waals surface area contributed by atoms with Gasteiger partial charge in [0.1, 0.15) is 0 Å². The highest BCUT2D eigenvalue weighted by Crippen LogP contribution is 2.31. The van der Waals surface area contributed by atoms with Gasteiger partial charge in [0.2, 0.25) is 0 Å². The number of carbonyl (C=O) groups is 1. The molecule has 0 N–H and O–H groups in total. The summed E-state index contributed by atoms with van der Waals surface area (Å²) < 4.78 is 2.10. The van der Waals surface area contributed by atoms with Crippen molar-refractivity contribution in [2.75, 3.05) is 0 Å². The predicted molar refractivity (Wildman–Crippen MR) is 64.5 cm³/mol. The Balaban J connectivity index is 2.76. The molecular weight excluding hydrogens is 284 g/mol. The Morgan fingerprint density at radius 3 is 2.93 bits per heavy atom. The standard InChI is InChI=1S/C10H6BrClOS/c11-9-2-10-8(1-6(9)3-12)7(4-13)5-14-10/h1-2,4-5H,3H2. The Morgan fingerprint density at radius 2 is 2.29 bits per heavy atom. The molecule has 14 heavy (non-hydrogen) atoms. The van der Waals surface area contributed by atoms with E-state index in [9.17, 15) is 4.79 Å². The molecular formula is C10H6BrClOS. The topological polar surface area (TPSA) is 17.1 Å². The van der Waals surface area contributed by atoms with Crippen molar-refractivity contribution in [1.29, 1.82) is 0 Å². The number of carbonyl (C=O) groups excluding carboxylic acids is 1. The molecule has 0 amide bonds. The second-order valence-corrected chi connectivity index (χ2v) is 4.92. The molecule has 0 fully saturated rings. The molecule has 0 saturated heterocycles. The molecule has 0 aliphatic rings. The van der Waals surface area contributed by atoms with Crippen LogP contribution in [0.25, 0.3) is 10.1 Å². The third kappa shape index (κ3) is 1.60. The van der Waals surface area contributed by atoms with Gasteiger partial charge in [0.25, 0.3) is 0 Å². The first-order chi connectivity index (χ1) is 6.76. The van der Waals surface area contributed by atoms with Crippen molar-refractivity contribution in [3.05, 3.63) is 33.1 Å². The summed E-state index contributed by atoms with van der Waals surface area (Å²) in [6, 6.07) is 3.97. The van der Waals surface area contributed by atoms with E-state index < -0.39 is 0 Å². The molecule has 1 aromatic carbocycles. The number of fused-ring (bicyclic) bond motifs is 1. The van der Waals surface area contributed by atoms with Crippen LogP contribution < -0.4 is 0 Å². The van der Waals surface area contributed by atoms with Crippen molar-refractivity contribution in [1.82, 2.24) is 0 Å². The molecule has 0 bridgehead atoms. The van der Waals surface area contributed by atoms with E-state index in [1.165, 1.54) is 0 Å². The van der Waals surface area contributed by atoms with Crippen molar-refractivity contribution < 1.29 is 4.79 Å². The Bertz CT molecular complexity index is 492. The number of hydrogen-bond acceptors (Lipinski definition) is 2. The van der Waals surface area contributed by atoms with Crippen molar-refractivity contribution in [3.63, 3.8) is 0 Å². The van der Waals surface area contributed by atoms with Gasteiger partial charge in [-0.15, -0.1) is 22.9 Å². The van der Waals surface area contributed by atoms with E-state index in [-0.39, 0.29) is 0 Å². The van der Waals surface area contributed by atoms with E-state index in [2.05, 4.69) is 15.9 Å². The Hall–Kier alpha value is -0.380. The van der Waals surface area contributed by atoms with Crippen LogP contribution in [0, 0.1) is 0 Å². The van der Waals surface area contributed by atoms with E-state index in [1.54, 1.807) is 11.3 Å². The van der Waals surface area contributed by atoms with Gasteiger partial charge in [0.05, 0.1) is 0 Å². The highest BCUT2D eigenvalue weighted by atomic mass is 79.9. The quantitative estimate of drug-likeness (QED) is 0.598. The van der Waals surface area contributed by atoms with E-state index in [1.807, 2.05) is 17.5 Å². The van der Waals surface area contributed by atoms with Gasteiger partial charge < -0.3 is 0 Å². The fourth-order valence-corrected chi connectivity index (χ4v) is 3.25. The van der Waals surface area contributed by atoms with Gasteiger partial charge in [-0.3, -0.25) is 4.79 Å². The van der Waals surface area contributed by atoms with Crippen LogP contribution in [0.5, 0.6) is 0 Å². The van der Waals surface area contributed by atoms with Gasteiger partial charge in [-0.1, -0.05) is 15.9 Å². The maximum atomic E-state index is 10.7. The zero-order valence-electron chi connectivity index (χ0n) is 7.09. The second kappa shape index (κ2) is 4.01. The fourth-order valence-electron chi connectivity index (χ4n) is 1.31. The summed E-state index contributed by atoms with van der Waals surface area (Å²) >= 11 is 10.8. The fraction of sp³-hybridized carbons (Fsp3) is 0.100. The lowest BCUT2D eigenvalue weighted by molar-refractivity contribution is 0.112. The Morgan fingerprint density at radius 1 is 1.50 bits per heavy atom. The normalized spacial score (nSPS) is 10.7. The highest BCUT2D eigenvalue weighted by molar-refractivity contribution is 9.10. The Kier molecular flexibility index (Phi) is 2.91. The number of alkyl halides is 1. The van der Waals surface area contributed by atoms with Crippen LogP contribution in [-0.2, 0) is 5.88 Å². The number of halogens is 2. The first-order valence-electron chi connectivity index (χ1n) is 3.97. The van der Waals surface area contributed by atoms with Crippen LogP contribution in [0.2, 0.25) is 0 Å². The largest absolute Gasteiger partial charge is 0.298 e. The summed E-state index contributed by atoms with van der Waals surface area (Å²) in [4.78, 5) is 10.7. The van der Waals surface area contributed by atoms with E-state index >= 15 is 0 Å². The third-order valence-corrected chi connectivity index (χ3v) is 4.03. The minimum Gasteiger partial charge on any atom is -0.298 e. The van der Waals surface area contributed by atoms with Gasteiger partial charge in [0.15, 0.2) is 6.29 Å². The van der Waals surface area contributed by atoms with Crippen LogP contribution in [0.1, 0.15) is 15.9 Å². The third-order valence-electron chi connectivity index (χ3n) is 2.04. The zero-order chi connectivity index (χ0) is 10.1. The average Bonchev–Trinajstić information content (AvgIpc) is 2.58. The predicted octanol–water partition coefficient (Wildman–Crippen LogP) is 4.22. The zero-order valence-corrected chi connectivity index (χ0v) is 10.2. The van der Waals surface area contributed by atoms with Crippen LogP contribution in [0.4, 0.5) is 0 Å². The number of aldehydes is 1. The maximum Gasteiger partial charge on any atom is 0.151 e. The number of thiophene rings is 1. The summed E-state index contributed by atoms with van der Waals surface area (Å²) in [5, 5.41) is 2.85. The summed E-state index contributed by atoms with van der Waals surface area (Å²) in [5.74, 6) is 0.449. The molecule has 72 valence electrons. The summed E-state index contributed by atoms with van der Waals surface area (Å²) in [5.41, 5.74) is 1.75. The van der Waals surface area contributed by atoms with Gasteiger partial charge in [-0.2, -0.15) is 0 Å². The summed E-state index contributed by atoms with van der Waals surface area (Å²) in [6.07, 6.45) is 0.880. The van der Waals surface area contributed by atoms with Crippen LogP contribution >= 0.6 is 38.9 Å². The van der Waals surface area contributed by atoms with Crippen molar-refractivity contribution in [3.8, 4) is 0 Å². The molecule has 0 radical (unpaired) electrons. The molecule has 0 unspecified atom stereocenters. The molecule has 1 aromatic heterocycles. The van der Waals surface area contributed by atoms with Crippen molar-refractivity contribution in [2.45, 2.75) is 5.88 Å². The molecule has 0 saturated carbocycles. The van der Waals surface area contributed by atoms with E-state index in [0.29, 0.717) is 5.88 Å². The van der Waals surface area contributed by atoms with Gasteiger partial charge in [-0.05, 0) is 17.7 Å². The molecule has 0 aliphatic carbocycles. The monoisotopic (exact) mass is 288 g/mol. The summed E-state index contributed by atoms with van der Waals surface area (Å²) in [6.45, 7) is 0. The molecule has 1 heterocycles. The van der Waals surface area contributed by atoms with Crippen LogP contribution in [0.3, 0.4) is 0 Å². The molecule has 4 heteroatoms. The molecule has 2 aromatic rings. The second-order valence-electron chi connectivity index (χ2n) is 2.88. The Labute approximate surface area is 98.8 Å². The summed E-state index contributed by atoms with van der Waals surface area (Å²) in [7, 11) is 0.